The van der Waals surface area contributed by atoms with Crippen molar-refractivity contribution in [1.29, 1.82) is 0 Å². The summed E-state index contributed by atoms with van der Waals surface area (Å²) in [6, 6.07) is 0. The zero-order valence-electron chi connectivity index (χ0n) is 8.69. The maximum atomic E-state index is 11.1. The molecule has 0 saturated carbocycles. The van der Waals surface area contributed by atoms with Crippen LogP contribution >= 0.6 is 0 Å². The maximum absolute atomic E-state index is 11.1. The van der Waals surface area contributed by atoms with Gasteiger partial charge in [0.1, 0.15) is 11.8 Å². The molecule has 4 nitrogen and oxygen atoms in total. The Balaban J connectivity index is 2.85. The minimum atomic E-state index is -0.977. The van der Waals surface area contributed by atoms with Crippen LogP contribution in [-0.2, 0) is 4.79 Å². The molecule has 0 aromatic carbocycles. The third-order valence-electron chi connectivity index (χ3n) is 2.74. The second-order valence-corrected chi connectivity index (χ2v) is 4.36. The summed E-state index contributed by atoms with van der Waals surface area (Å²) in [4.78, 5) is 23.3. The number of amides is 1. The highest BCUT2D eigenvalue weighted by Crippen LogP contribution is 2.33. The van der Waals surface area contributed by atoms with Crippen molar-refractivity contribution in [1.82, 2.24) is 4.90 Å². The summed E-state index contributed by atoms with van der Waals surface area (Å²) in [7, 11) is 0. The molecule has 4 heteroatoms. The van der Waals surface area contributed by atoms with Crippen LogP contribution in [0.1, 0.15) is 33.1 Å². The van der Waals surface area contributed by atoms with Crippen LogP contribution in [0, 0.1) is 5.92 Å². The van der Waals surface area contributed by atoms with E-state index >= 15 is 0 Å². The largest absolute Gasteiger partial charge is 0.465 e. The Labute approximate surface area is 83.9 Å². The molecule has 0 aromatic heterocycles. The van der Waals surface area contributed by atoms with E-state index in [1.165, 1.54) is 4.90 Å². The van der Waals surface area contributed by atoms with Gasteiger partial charge in [0.25, 0.3) is 0 Å². The molecule has 80 valence electrons. The second-order valence-electron chi connectivity index (χ2n) is 4.36. The SMILES string of the molecule is CC(C)CC1(C=O)CCCN1C(=O)O. The van der Waals surface area contributed by atoms with Crippen molar-refractivity contribution in [3.8, 4) is 0 Å². The van der Waals surface area contributed by atoms with E-state index in [4.69, 9.17) is 5.11 Å². The Morgan fingerprint density at radius 1 is 1.64 bits per heavy atom. The fourth-order valence-corrected chi connectivity index (χ4v) is 2.28. The van der Waals surface area contributed by atoms with Gasteiger partial charge in [-0.05, 0) is 25.2 Å². The lowest BCUT2D eigenvalue weighted by Crippen LogP contribution is -2.48. The predicted octanol–water partition coefficient (Wildman–Crippen LogP) is 1.74. The van der Waals surface area contributed by atoms with E-state index < -0.39 is 11.6 Å². The molecule has 1 rings (SSSR count). The van der Waals surface area contributed by atoms with Crippen LogP contribution in [0.15, 0.2) is 0 Å². The van der Waals surface area contributed by atoms with Crippen molar-refractivity contribution in [3.63, 3.8) is 0 Å². The minimum absolute atomic E-state index is 0.333. The van der Waals surface area contributed by atoms with Gasteiger partial charge in [-0.15, -0.1) is 0 Å². The molecule has 1 amide bonds. The molecule has 1 N–H and O–H groups in total. The molecule has 0 aliphatic carbocycles. The minimum Gasteiger partial charge on any atom is -0.465 e. The Morgan fingerprint density at radius 2 is 2.29 bits per heavy atom. The number of hydrogen-bond donors (Lipinski definition) is 1. The molecule has 1 heterocycles. The van der Waals surface area contributed by atoms with Crippen molar-refractivity contribution in [2.45, 2.75) is 38.6 Å². The lowest BCUT2D eigenvalue weighted by molar-refractivity contribution is -0.117. The number of carboxylic acid groups (broad SMARTS) is 1. The number of likely N-dealkylation sites (tertiary alicyclic amines) is 1. The molecule has 1 unspecified atom stereocenters. The van der Waals surface area contributed by atoms with Crippen LogP contribution in [0.2, 0.25) is 0 Å². The van der Waals surface area contributed by atoms with Gasteiger partial charge in [-0.25, -0.2) is 4.79 Å². The molecule has 1 saturated heterocycles. The molecule has 1 aliphatic rings. The smallest absolute Gasteiger partial charge is 0.408 e. The first kappa shape index (κ1) is 11.0. The van der Waals surface area contributed by atoms with Crippen LogP contribution in [-0.4, -0.2) is 34.5 Å². The normalized spacial score (nSPS) is 26.9. The fourth-order valence-electron chi connectivity index (χ4n) is 2.28. The topological polar surface area (TPSA) is 57.6 Å². The van der Waals surface area contributed by atoms with E-state index in [2.05, 4.69) is 0 Å². The summed E-state index contributed by atoms with van der Waals surface area (Å²) in [5.74, 6) is 0.333. The summed E-state index contributed by atoms with van der Waals surface area (Å²) < 4.78 is 0. The zero-order valence-corrected chi connectivity index (χ0v) is 8.69. The summed E-state index contributed by atoms with van der Waals surface area (Å²) in [6.45, 7) is 4.49. The van der Waals surface area contributed by atoms with Gasteiger partial charge in [-0.1, -0.05) is 13.8 Å². The molecule has 1 fully saturated rings. The fraction of sp³-hybridized carbons (Fsp3) is 0.800. The first-order valence-corrected chi connectivity index (χ1v) is 4.99. The Morgan fingerprint density at radius 3 is 2.71 bits per heavy atom. The second kappa shape index (κ2) is 3.98. The highest BCUT2D eigenvalue weighted by molar-refractivity contribution is 5.76. The average molecular weight is 199 g/mol. The lowest BCUT2D eigenvalue weighted by Gasteiger charge is -2.32. The van der Waals surface area contributed by atoms with Crippen molar-refractivity contribution in [3.05, 3.63) is 0 Å². The van der Waals surface area contributed by atoms with Crippen LogP contribution in [0.3, 0.4) is 0 Å². The summed E-state index contributed by atoms with van der Waals surface area (Å²) >= 11 is 0. The van der Waals surface area contributed by atoms with Crippen LogP contribution in [0.4, 0.5) is 4.79 Å². The van der Waals surface area contributed by atoms with Gasteiger partial charge in [0.2, 0.25) is 0 Å². The monoisotopic (exact) mass is 199 g/mol. The molecule has 14 heavy (non-hydrogen) atoms. The Bertz CT molecular complexity index is 240. The molecular formula is C10H17NO3. The van der Waals surface area contributed by atoms with Gasteiger partial charge in [0.05, 0.1) is 0 Å². The number of carbonyl (C=O) groups is 2. The quantitative estimate of drug-likeness (QED) is 0.704. The molecule has 1 atom stereocenters. The van der Waals surface area contributed by atoms with E-state index in [0.717, 1.165) is 12.7 Å². The van der Waals surface area contributed by atoms with Crippen molar-refractivity contribution < 1.29 is 14.7 Å². The predicted molar refractivity (Wildman–Crippen MR) is 52.2 cm³/mol. The summed E-state index contributed by atoms with van der Waals surface area (Å²) in [5.41, 5.74) is -0.750. The van der Waals surface area contributed by atoms with Gasteiger partial charge in [-0.2, -0.15) is 0 Å². The third-order valence-corrected chi connectivity index (χ3v) is 2.74. The number of nitrogens with zero attached hydrogens (tertiary/aromatic N) is 1. The van der Waals surface area contributed by atoms with Crippen molar-refractivity contribution in [2.75, 3.05) is 6.54 Å². The van der Waals surface area contributed by atoms with Gasteiger partial charge in [-0.3, -0.25) is 4.90 Å². The lowest BCUT2D eigenvalue weighted by atomic mass is 9.88. The van der Waals surface area contributed by atoms with E-state index in [1.54, 1.807) is 0 Å². The highest BCUT2D eigenvalue weighted by atomic mass is 16.4. The van der Waals surface area contributed by atoms with E-state index in [0.29, 0.717) is 25.3 Å². The summed E-state index contributed by atoms with van der Waals surface area (Å²) in [6.07, 6.45) is 1.92. The highest BCUT2D eigenvalue weighted by Gasteiger charge is 2.43. The first-order valence-electron chi connectivity index (χ1n) is 4.99. The third kappa shape index (κ3) is 1.89. The number of hydrogen-bond acceptors (Lipinski definition) is 2. The molecule has 0 aromatic rings. The maximum Gasteiger partial charge on any atom is 0.408 e. The van der Waals surface area contributed by atoms with Crippen LogP contribution in [0.5, 0.6) is 0 Å². The van der Waals surface area contributed by atoms with E-state index in [1.807, 2.05) is 13.8 Å². The van der Waals surface area contributed by atoms with Gasteiger partial charge in [0.15, 0.2) is 0 Å². The van der Waals surface area contributed by atoms with Crippen molar-refractivity contribution >= 4 is 12.4 Å². The zero-order chi connectivity index (χ0) is 10.8. The molecule has 0 radical (unpaired) electrons. The molecular weight excluding hydrogens is 182 g/mol. The van der Waals surface area contributed by atoms with Gasteiger partial charge >= 0.3 is 6.09 Å². The van der Waals surface area contributed by atoms with Crippen molar-refractivity contribution in [2.24, 2.45) is 5.92 Å². The standard InChI is InChI=1S/C10H17NO3/c1-8(2)6-10(7-12)4-3-5-11(10)9(13)14/h7-8H,3-6H2,1-2H3,(H,13,14). The Hall–Kier alpha value is -1.06. The number of aldehydes is 1. The molecule has 0 bridgehead atoms. The first-order chi connectivity index (χ1) is 6.52. The summed E-state index contributed by atoms with van der Waals surface area (Å²) in [5, 5.41) is 8.96. The number of rotatable bonds is 3. The number of carbonyl (C=O) groups excluding carboxylic acids is 1. The van der Waals surface area contributed by atoms with Crippen LogP contribution in [0.25, 0.3) is 0 Å². The van der Waals surface area contributed by atoms with Crippen LogP contribution < -0.4 is 0 Å². The van der Waals surface area contributed by atoms with Gasteiger partial charge < -0.3 is 9.90 Å². The van der Waals surface area contributed by atoms with Gasteiger partial charge in [0, 0.05) is 6.54 Å². The average Bonchev–Trinajstić information content (AvgIpc) is 2.48. The Kier molecular flexibility index (Phi) is 3.13. The van der Waals surface area contributed by atoms with E-state index in [-0.39, 0.29) is 0 Å². The van der Waals surface area contributed by atoms with E-state index in [9.17, 15) is 9.59 Å². The molecule has 1 aliphatic heterocycles. The molecule has 0 spiro atoms.